The Labute approximate surface area is 109 Å². The highest BCUT2D eigenvalue weighted by atomic mass is 14.9. The smallest absolute Gasteiger partial charge is 0.0466 e. The van der Waals surface area contributed by atoms with Crippen LogP contribution in [-0.4, -0.2) is 18.8 Å². The molecule has 2 nitrogen and oxygen atoms in total. The van der Waals surface area contributed by atoms with E-state index in [2.05, 4.69) is 48.7 Å². The van der Waals surface area contributed by atoms with Crippen molar-refractivity contribution in [2.45, 2.75) is 13.3 Å². The molecule has 2 heteroatoms. The molecule has 1 unspecified atom stereocenters. The van der Waals surface area contributed by atoms with E-state index in [1.54, 1.807) is 0 Å². The van der Waals surface area contributed by atoms with Gasteiger partial charge in [-0.15, -0.1) is 0 Å². The summed E-state index contributed by atoms with van der Waals surface area (Å²) in [4.78, 5) is 0. The van der Waals surface area contributed by atoms with E-state index in [1.807, 2.05) is 18.2 Å². The number of allylic oxidation sites excluding steroid dienone is 3. The Balaban J connectivity index is 2.23. The van der Waals surface area contributed by atoms with Gasteiger partial charge in [-0.3, -0.25) is 0 Å². The molecule has 0 bridgehead atoms. The fourth-order valence-electron chi connectivity index (χ4n) is 2.33. The van der Waals surface area contributed by atoms with Gasteiger partial charge in [0.05, 0.1) is 0 Å². The van der Waals surface area contributed by atoms with E-state index in [0.717, 1.165) is 19.5 Å². The van der Waals surface area contributed by atoms with Gasteiger partial charge in [-0.1, -0.05) is 55.5 Å². The summed E-state index contributed by atoms with van der Waals surface area (Å²) >= 11 is 0. The van der Waals surface area contributed by atoms with Crippen LogP contribution < -0.4 is 5.32 Å². The van der Waals surface area contributed by atoms with Crippen LogP contribution in [0.4, 0.5) is 0 Å². The van der Waals surface area contributed by atoms with Crippen molar-refractivity contribution < 1.29 is 0 Å². The number of hydrogen-bond donors (Lipinski definition) is 2. The van der Waals surface area contributed by atoms with E-state index >= 15 is 0 Å². The van der Waals surface area contributed by atoms with Crippen LogP contribution in [0.2, 0.25) is 0 Å². The lowest BCUT2D eigenvalue weighted by Gasteiger charge is -2.32. The van der Waals surface area contributed by atoms with Crippen LogP contribution in [0.5, 0.6) is 0 Å². The van der Waals surface area contributed by atoms with E-state index in [0.29, 0.717) is 5.71 Å². The Kier molecular flexibility index (Phi) is 4.11. The molecular weight excluding hydrogens is 220 g/mol. The SMILES string of the molecule is CCNCC1(Cc2ccccc2)C=CC=CC1=N. The third-order valence-electron chi connectivity index (χ3n) is 3.38. The highest BCUT2D eigenvalue weighted by molar-refractivity contribution is 6.00. The van der Waals surface area contributed by atoms with Crippen LogP contribution in [0.15, 0.2) is 54.6 Å². The summed E-state index contributed by atoms with van der Waals surface area (Å²) in [6.45, 7) is 3.85. The molecule has 1 aliphatic rings. The lowest BCUT2D eigenvalue weighted by Crippen LogP contribution is -2.41. The molecule has 2 rings (SSSR count). The number of rotatable bonds is 5. The minimum absolute atomic E-state index is 0.202. The summed E-state index contributed by atoms with van der Waals surface area (Å²) in [5.41, 5.74) is 1.77. The van der Waals surface area contributed by atoms with Gasteiger partial charge >= 0.3 is 0 Å². The molecule has 1 aliphatic carbocycles. The second-order valence-electron chi connectivity index (χ2n) is 4.73. The summed E-state index contributed by atoms with van der Waals surface area (Å²) in [7, 11) is 0. The van der Waals surface area contributed by atoms with Gasteiger partial charge in [0.15, 0.2) is 0 Å². The molecule has 0 saturated carbocycles. The lowest BCUT2D eigenvalue weighted by molar-refractivity contribution is 0.478. The Hall–Kier alpha value is -1.67. The molecule has 0 fully saturated rings. The third kappa shape index (κ3) is 2.77. The maximum absolute atomic E-state index is 8.24. The van der Waals surface area contributed by atoms with Crippen molar-refractivity contribution in [3.63, 3.8) is 0 Å². The second kappa shape index (κ2) is 5.78. The molecule has 18 heavy (non-hydrogen) atoms. The second-order valence-corrected chi connectivity index (χ2v) is 4.73. The standard InChI is InChI=1S/C16H20N2/c1-2-18-13-16(11-7-6-10-15(16)17)12-14-8-4-3-5-9-14/h3-11,17-18H,2,12-13H2,1H3. The zero-order chi connectivity index (χ0) is 12.8. The Morgan fingerprint density at radius 3 is 2.61 bits per heavy atom. The van der Waals surface area contributed by atoms with Crippen molar-refractivity contribution in [3.05, 3.63) is 60.2 Å². The van der Waals surface area contributed by atoms with E-state index in [1.165, 1.54) is 5.56 Å². The molecule has 0 saturated heterocycles. The van der Waals surface area contributed by atoms with E-state index in [4.69, 9.17) is 5.41 Å². The average Bonchev–Trinajstić information content (AvgIpc) is 2.41. The minimum atomic E-state index is -0.202. The Morgan fingerprint density at radius 2 is 1.94 bits per heavy atom. The van der Waals surface area contributed by atoms with Gasteiger partial charge in [0.25, 0.3) is 0 Å². The average molecular weight is 240 g/mol. The number of hydrogen-bond acceptors (Lipinski definition) is 2. The van der Waals surface area contributed by atoms with Gasteiger partial charge in [-0.25, -0.2) is 0 Å². The number of benzene rings is 1. The first kappa shape index (κ1) is 12.8. The Bertz CT molecular complexity index is 459. The van der Waals surface area contributed by atoms with Crippen LogP contribution in [-0.2, 0) is 6.42 Å². The third-order valence-corrected chi connectivity index (χ3v) is 3.38. The summed E-state index contributed by atoms with van der Waals surface area (Å²) < 4.78 is 0. The quantitative estimate of drug-likeness (QED) is 0.815. The molecule has 0 spiro atoms. The minimum Gasteiger partial charge on any atom is -0.316 e. The predicted octanol–water partition coefficient (Wildman–Crippen LogP) is 2.97. The van der Waals surface area contributed by atoms with Crippen molar-refractivity contribution in [3.8, 4) is 0 Å². The molecule has 2 N–H and O–H groups in total. The highest BCUT2D eigenvalue weighted by Crippen LogP contribution is 2.29. The molecule has 0 aromatic heterocycles. The fourth-order valence-corrected chi connectivity index (χ4v) is 2.33. The van der Waals surface area contributed by atoms with Crippen molar-refractivity contribution in [1.82, 2.24) is 5.32 Å². The first-order chi connectivity index (χ1) is 8.77. The molecule has 0 radical (unpaired) electrons. The van der Waals surface area contributed by atoms with Gasteiger partial charge in [0, 0.05) is 17.7 Å². The van der Waals surface area contributed by atoms with Crippen LogP contribution in [0, 0.1) is 10.8 Å². The van der Waals surface area contributed by atoms with Crippen LogP contribution in [0.3, 0.4) is 0 Å². The summed E-state index contributed by atoms with van der Waals surface area (Å²) in [5, 5.41) is 11.6. The van der Waals surface area contributed by atoms with Crippen molar-refractivity contribution >= 4 is 5.71 Å². The summed E-state index contributed by atoms with van der Waals surface area (Å²) in [5.74, 6) is 0. The first-order valence-corrected chi connectivity index (χ1v) is 6.46. The van der Waals surface area contributed by atoms with Crippen molar-refractivity contribution in [2.75, 3.05) is 13.1 Å². The zero-order valence-electron chi connectivity index (χ0n) is 10.8. The monoisotopic (exact) mass is 240 g/mol. The van der Waals surface area contributed by atoms with E-state index < -0.39 is 0 Å². The van der Waals surface area contributed by atoms with Gasteiger partial charge in [-0.2, -0.15) is 0 Å². The molecule has 1 atom stereocenters. The molecule has 0 amide bonds. The van der Waals surface area contributed by atoms with E-state index in [9.17, 15) is 0 Å². The van der Waals surface area contributed by atoms with Crippen molar-refractivity contribution in [1.29, 1.82) is 5.41 Å². The zero-order valence-corrected chi connectivity index (χ0v) is 10.8. The van der Waals surface area contributed by atoms with Gasteiger partial charge in [0.2, 0.25) is 0 Å². The van der Waals surface area contributed by atoms with Crippen LogP contribution in [0.1, 0.15) is 12.5 Å². The molecule has 0 heterocycles. The summed E-state index contributed by atoms with van der Waals surface area (Å²) in [6.07, 6.45) is 8.93. The fraction of sp³-hybridized carbons (Fsp3) is 0.312. The molecule has 0 aliphatic heterocycles. The maximum atomic E-state index is 8.24. The maximum Gasteiger partial charge on any atom is 0.0466 e. The van der Waals surface area contributed by atoms with Gasteiger partial charge < -0.3 is 10.7 Å². The largest absolute Gasteiger partial charge is 0.316 e. The topological polar surface area (TPSA) is 35.9 Å². The molecule has 1 aromatic rings. The predicted molar refractivity (Wildman–Crippen MR) is 77.1 cm³/mol. The molecular formula is C16H20N2. The highest BCUT2D eigenvalue weighted by Gasteiger charge is 2.31. The van der Waals surface area contributed by atoms with E-state index in [-0.39, 0.29) is 5.41 Å². The Morgan fingerprint density at radius 1 is 1.17 bits per heavy atom. The van der Waals surface area contributed by atoms with Gasteiger partial charge in [0.1, 0.15) is 0 Å². The summed E-state index contributed by atoms with van der Waals surface area (Å²) in [6, 6.07) is 10.4. The molecule has 94 valence electrons. The number of nitrogens with one attached hydrogen (secondary N) is 2. The lowest BCUT2D eigenvalue weighted by atomic mass is 9.75. The van der Waals surface area contributed by atoms with Crippen molar-refractivity contribution in [2.24, 2.45) is 5.41 Å². The first-order valence-electron chi connectivity index (χ1n) is 6.46. The van der Waals surface area contributed by atoms with Gasteiger partial charge in [-0.05, 0) is 24.6 Å². The normalized spacial score (nSPS) is 22.4. The van der Waals surface area contributed by atoms with Crippen LogP contribution in [0.25, 0.3) is 0 Å². The van der Waals surface area contributed by atoms with Crippen LogP contribution >= 0.6 is 0 Å². The molecule has 1 aromatic carbocycles.